The lowest BCUT2D eigenvalue weighted by Crippen LogP contribution is -2.46. The molecule has 0 aromatic carbocycles. The van der Waals surface area contributed by atoms with Crippen molar-refractivity contribution in [3.63, 3.8) is 0 Å². The summed E-state index contributed by atoms with van der Waals surface area (Å²) < 4.78 is 5.55. The molecule has 1 saturated carbocycles. The van der Waals surface area contributed by atoms with E-state index >= 15 is 0 Å². The molecule has 16 heavy (non-hydrogen) atoms. The zero-order valence-electron chi connectivity index (χ0n) is 10.5. The third kappa shape index (κ3) is 3.72. The number of piperidine rings is 1. The fourth-order valence-corrected chi connectivity index (χ4v) is 2.77. The molecule has 94 valence electrons. The lowest BCUT2D eigenvalue weighted by Gasteiger charge is -2.36. The molecule has 1 saturated heterocycles. The van der Waals surface area contributed by atoms with Crippen molar-refractivity contribution in [2.75, 3.05) is 26.2 Å². The predicted molar refractivity (Wildman–Crippen MR) is 66.6 cm³/mol. The molecule has 1 unspecified atom stereocenters. The fraction of sp³-hybridized carbons (Fsp3) is 1.00. The molecule has 2 N–H and O–H groups in total. The second-order valence-electron chi connectivity index (χ2n) is 5.20. The Balaban J connectivity index is 1.46. The molecule has 0 aromatic heterocycles. The van der Waals surface area contributed by atoms with Gasteiger partial charge in [-0.1, -0.05) is 0 Å². The van der Waals surface area contributed by atoms with E-state index in [0.717, 1.165) is 18.6 Å². The molecule has 2 aliphatic rings. The predicted octanol–water partition coefficient (Wildman–Crippen LogP) is 1.53. The normalized spacial score (nSPS) is 34.7. The Bertz CT molecular complexity index is 186. The molecule has 1 atom stereocenters. The summed E-state index contributed by atoms with van der Waals surface area (Å²) in [4.78, 5) is 0. The quantitative estimate of drug-likeness (QED) is 0.720. The number of hydrogen-bond donors (Lipinski definition) is 2. The van der Waals surface area contributed by atoms with Crippen molar-refractivity contribution in [1.29, 1.82) is 0 Å². The third-order valence-corrected chi connectivity index (χ3v) is 3.88. The van der Waals surface area contributed by atoms with Crippen LogP contribution in [0.1, 0.15) is 39.0 Å². The van der Waals surface area contributed by atoms with Crippen molar-refractivity contribution in [2.24, 2.45) is 5.92 Å². The van der Waals surface area contributed by atoms with E-state index in [4.69, 9.17) is 4.74 Å². The van der Waals surface area contributed by atoms with Crippen LogP contribution in [0, 0.1) is 5.92 Å². The summed E-state index contributed by atoms with van der Waals surface area (Å²) in [6, 6.07) is 0.730. The van der Waals surface area contributed by atoms with Gasteiger partial charge in [-0.25, -0.2) is 0 Å². The first kappa shape index (κ1) is 12.3. The fourth-order valence-electron chi connectivity index (χ4n) is 2.77. The zero-order valence-corrected chi connectivity index (χ0v) is 10.5. The standard InChI is InChI=1S/C13H26N2O/c1-2-16-13-8-12(9-13)15-7-5-11-4-3-6-14-10-11/h11-15H,2-10H2,1H3. The van der Waals surface area contributed by atoms with Crippen LogP contribution in [0.25, 0.3) is 0 Å². The van der Waals surface area contributed by atoms with Gasteiger partial charge in [0.25, 0.3) is 0 Å². The van der Waals surface area contributed by atoms with Gasteiger partial charge in [0.05, 0.1) is 6.10 Å². The van der Waals surface area contributed by atoms with E-state index in [-0.39, 0.29) is 0 Å². The molecule has 2 fully saturated rings. The van der Waals surface area contributed by atoms with Crippen molar-refractivity contribution in [2.45, 2.75) is 51.2 Å². The first-order valence-corrected chi connectivity index (χ1v) is 6.94. The van der Waals surface area contributed by atoms with Crippen LogP contribution in [0.4, 0.5) is 0 Å². The van der Waals surface area contributed by atoms with E-state index < -0.39 is 0 Å². The highest BCUT2D eigenvalue weighted by Crippen LogP contribution is 2.23. The first-order valence-electron chi connectivity index (χ1n) is 6.94. The Hall–Kier alpha value is -0.120. The van der Waals surface area contributed by atoms with Crippen molar-refractivity contribution in [1.82, 2.24) is 10.6 Å². The summed E-state index contributed by atoms with van der Waals surface area (Å²) in [5.74, 6) is 0.906. The van der Waals surface area contributed by atoms with Crippen molar-refractivity contribution in [3.05, 3.63) is 0 Å². The first-order chi connectivity index (χ1) is 7.88. The average molecular weight is 226 g/mol. The van der Waals surface area contributed by atoms with Gasteiger partial charge in [0.2, 0.25) is 0 Å². The monoisotopic (exact) mass is 226 g/mol. The summed E-state index contributed by atoms with van der Waals surface area (Å²) in [6.45, 7) is 6.59. The Morgan fingerprint density at radius 2 is 2.25 bits per heavy atom. The van der Waals surface area contributed by atoms with E-state index in [0.29, 0.717) is 6.10 Å². The van der Waals surface area contributed by atoms with E-state index in [9.17, 15) is 0 Å². The highest BCUT2D eigenvalue weighted by atomic mass is 16.5. The van der Waals surface area contributed by atoms with Crippen LogP contribution in [0.3, 0.4) is 0 Å². The molecule has 0 amide bonds. The van der Waals surface area contributed by atoms with Crippen molar-refractivity contribution < 1.29 is 4.74 Å². The van der Waals surface area contributed by atoms with Crippen LogP contribution in [-0.2, 0) is 4.74 Å². The average Bonchev–Trinajstić information content (AvgIpc) is 2.27. The summed E-state index contributed by atoms with van der Waals surface area (Å²) in [5.41, 5.74) is 0. The Kier molecular flexibility index (Phi) is 5.07. The smallest absolute Gasteiger partial charge is 0.0604 e. The van der Waals surface area contributed by atoms with Gasteiger partial charge in [-0.3, -0.25) is 0 Å². The van der Waals surface area contributed by atoms with Crippen LogP contribution >= 0.6 is 0 Å². The lowest BCUT2D eigenvalue weighted by atomic mass is 9.88. The Morgan fingerprint density at radius 3 is 2.94 bits per heavy atom. The SMILES string of the molecule is CCOC1CC(NCCC2CCCNC2)C1. The second-order valence-corrected chi connectivity index (χ2v) is 5.20. The van der Waals surface area contributed by atoms with Crippen LogP contribution in [0.5, 0.6) is 0 Å². The zero-order chi connectivity index (χ0) is 11.2. The Morgan fingerprint density at radius 1 is 1.38 bits per heavy atom. The maximum absolute atomic E-state index is 5.55. The van der Waals surface area contributed by atoms with Crippen molar-refractivity contribution >= 4 is 0 Å². The van der Waals surface area contributed by atoms with Gasteiger partial charge in [-0.05, 0) is 64.6 Å². The topological polar surface area (TPSA) is 33.3 Å². The number of ether oxygens (including phenoxy) is 1. The van der Waals surface area contributed by atoms with Crippen LogP contribution in [0.15, 0.2) is 0 Å². The molecule has 1 aliphatic heterocycles. The van der Waals surface area contributed by atoms with Gasteiger partial charge in [0, 0.05) is 12.6 Å². The van der Waals surface area contributed by atoms with Gasteiger partial charge < -0.3 is 15.4 Å². The van der Waals surface area contributed by atoms with Gasteiger partial charge in [-0.15, -0.1) is 0 Å². The summed E-state index contributed by atoms with van der Waals surface area (Å²) in [6.07, 6.45) is 7.09. The minimum Gasteiger partial charge on any atom is -0.378 e. The van der Waals surface area contributed by atoms with E-state index in [1.165, 1.54) is 51.7 Å². The molecule has 2 rings (SSSR count). The van der Waals surface area contributed by atoms with Gasteiger partial charge in [0.1, 0.15) is 0 Å². The lowest BCUT2D eigenvalue weighted by molar-refractivity contribution is -0.00999. The van der Waals surface area contributed by atoms with Gasteiger partial charge in [-0.2, -0.15) is 0 Å². The molecule has 0 bridgehead atoms. The van der Waals surface area contributed by atoms with E-state index in [1.54, 1.807) is 0 Å². The van der Waals surface area contributed by atoms with Gasteiger partial charge >= 0.3 is 0 Å². The molecule has 1 aliphatic carbocycles. The molecule has 3 nitrogen and oxygen atoms in total. The number of rotatable bonds is 6. The molecule has 1 heterocycles. The van der Waals surface area contributed by atoms with Crippen LogP contribution < -0.4 is 10.6 Å². The maximum Gasteiger partial charge on any atom is 0.0604 e. The molecule has 0 radical (unpaired) electrons. The van der Waals surface area contributed by atoms with E-state index in [1.807, 2.05) is 0 Å². The molecular formula is C13H26N2O. The minimum atomic E-state index is 0.541. The number of nitrogens with one attached hydrogen (secondary N) is 2. The molecule has 0 aromatic rings. The largest absolute Gasteiger partial charge is 0.378 e. The summed E-state index contributed by atoms with van der Waals surface area (Å²) >= 11 is 0. The van der Waals surface area contributed by atoms with Crippen LogP contribution in [0.2, 0.25) is 0 Å². The molecular weight excluding hydrogens is 200 g/mol. The number of hydrogen-bond acceptors (Lipinski definition) is 3. The highest BCUT2D eigenvalue weighted by Gasteiger charge is 2.28. The summed E-state index contributed by atoms with van der Waals surface area (Å²) in [5, 5.41) is 7.12. The Labute approximate surface area is 99.3 Å². The van der Waals surface area contributed by atoms with E-state index in [2.05, 4.69) is 17.6 Å². The highest BCUT2D eigenvalue weighted by molar-refractivity contribution is 4.86. The van der Waals surface area contributed by atoms with Crippen LogP contribution in [-0.4, -0.2) is 38.4 Å². The minimum absolute atomic E-state index is 0.541. The van der Waals surface area contributed by atoms with Gasteiger partial charge in [0.15, 0.2) is 0 Å². The van der Waals surface area contributed by atoms with Crippen molar-refractivity contribution in [3.8, 4) is 0 Å². The molecule has 3 heteroatoms. The molecule has 0 spiro atoms. The second kappa shape index (κ2) is 6.58. The summed E-state index contributed by atoms with van der Waals surface area (Å²) in [7, 11) is 0. The maximum atomic E-state index is 5.55. The third-order valence-electron chi connectivity index (χ3n) is 3.88.